The monoisotopic (exact) mass is 416 g/mol. The third kappa shape index (κ3) is 4.80. The summed E-state index contributed by atoms with van der Waals surface area (Å²) in [6.07, 6.45) is 2.36. The Hall–Kier alpha value is -0.390. The molecular weight excluding hydrogens is 396 g/mol. The van der Waals surface area contributed by atoms with E-state index in [-0.39, 0.29) is 5.91 Å². The van der Waals surface area contributed by atoms with Gasteiger partial charge in [-0.2, -0.15) is 0 Å². The van der Waals surface area contributed by atoms with Crippen molar-refractivity contribution in [2.75, 3.05) is 19.6 Å². The zero-order chi connectivity index (χ0) is 15.4. The summed E-state index contributed by atoms with van der Waals surface area (Å²) in [4.78, 5) is 14.8. The van der Waals surface area contributed by atoms with E-state index in [1.165, 1.54) is 6.42 Å². The summed E-state index contributed by atoms with van der Waals surface area (Å²) >= 11 is 6.93. The lowest BCUT2D eigenvalue weighted by molar-refractivity contribution is 0.0720. The van der Waals surface area contributed by atoms with E-state index in [2.05, 4.69) is 51.0 Å². The Morgan fingerprint density at radius 1 is 1.43 bits per heavy atom. The predicted octanol–water partition coefficient (Wildman–Crippen LogP) is 4.06. The van der Waals surface area contributed by atoms with Crippen molar-refractivity contribution in [1.82, 2.24) is 10.2 Å². The van der Waals surface area contributed by atoms with Crippen molar-refractivity contribution in [2.45, 2.75) is 32.7 Å². The van der Waals surface area contributed by atoms with Crippen LogP contribution in [-0.2, 0) is 0 Å². The van der Waals surface area contributed by atoms with Crippen LogP contribution in [0, 0.1) is 5.92 Å². The van der Waals surface area contributed by atoms with E-state index < -0.39 is 0 Å². The van der Waals surface area contributed by atoms with Crippen LogP contribution in [0.25, 0.3) is 0 Å². The average molecular weight is 418 g/mol. The number of nitrogens with zero attached hydrogens (tertiary/aromatic N) is 1. The molecule has 0 bridgehead atoms. The fraction of sp³-hybridized carbons (Fsp3) is 0.562. The maximum Gasteiger partial charge on any atom is 0.255 e. The predicted molar refractivity (Wildman–Crippen MR) is 93.6 cm³/mol. The third-order valence-electron chi connectivity index (χ3n) is 3.64. The molecule has 1 saturated heterocycles. The van der Waals surface area contributed by atoms with Gasteiger partial charge in [-0.15, -0.1) is 0 Å². The Bertz CT molecular complexity index is 499. The van der Waals surface area contributed by atoms with Crippen molar-refractivity contribution in [2.24, 2.45) is 5.92 Å². The maximum atomic E-state index is 12.9. The molecule has 1 amide bonds. The van der Waals surface area contributed by atoms with Crippen LogP contribution < -0.4 is 5.32 Å². The fourth-order valence-electron chi connectivity index (χ4n) is 2.69. The first-order valence-corrected chi connectivity index (χ1v) is 9.03. The van der Waals surface area contributed by atoms with E-state index in [1.54, 1.807) is 0 Å². The molecular formula is C16H22Br2N2O. The SMILES string of the molecule is CC(C)CN(CC1CCCN1)C(=O)c1ccc(Br)cc1Br. The molecule has 2 rings (SSSR count). The highest BCUT2D eigenvalue weighted by Gasteiger charge is 2.24. The lowest BCUT2D eigenvalue weighted by Crippen LogP contribution is -2.43. The van der Waals surface area contributed by atoms with Crippen LogP contribution in [0.15, 0.2) is 27.1 Å². The van der Waals surface area contributed by atoms with E-state index >= 15 is 0 Å². The summed E-state index contributed by atoms with van der Waals surface area (Å²) < 4.78 is 1.81. The van der Waals surface area contributed by atoms with Gasteiger partial charge < -0.3 is 10.2 Å². The lowest BCUT2D eigenvalue weighted by atomic mass is 10.1. The highest BCUT2D eigenvalue weighted by Crippen LogP contribution is 2.24. The van der Waals surface area contributed by atoms with Gasteiger partial charge >= 0.3 is 0 Å². The molecule has 1 aliphatic rings. The van der Waals surface area contributed by atoms with Crippen molar-refractivity contribution in [3.8, 4) is 0 Å². The van der Waals surface area contributed by atoms with Crippen LogP contribution in [0.5, 0.6) is 0 Å². The highest BCUT2D eigenvalue weighted by molar-refractivity contribution is 9.11. The number of amides is 1. The number of hydrogen-bond donors (Lipinski definition) is 1. The van der Waals surface area contributed by atoms with E-state index in [4.69, 9.17) is 0 Å². The van der Waals surface area contributed by atoms with Gasteiger partial charge in [0.25, 0.3) is 5.91 Å². The second kappa shape index (κ2) is 7.75. The molecule has 21 heavy (non-hydrogen) atoms. The average Bonchev–Trinajstić information content (AvgIpc) is 2.89. The van der Waals surface area contributed by atoms with Crippen LogP contribution in [0.1, 0.15) is 37.0 Å². The molecule has 116 valence electrons. The standard InChI is InChI=1S/C16H22Br2N2O/c1-11(2)9-20(10-13-4-3-7-19-13)16(21)14-6-5-12(17)8-15(14)18/h5-6,8,11,13,19H,3-4,7,9-10H2,1-2H3. The minimum absolute atomic E-state index is 0.108. The van der Waals surface area contributed by atoms with Crippen LogP contribution in [0.2, 0.25) is 0 Å². The number of carbonyl (C=O) groups is 1. The lowest BCUT2D eigenvalue weighted by Gasteiger charge is -2.28. The van der Waals surface area contributed by atoms with Gasteiger partial charge in [0.15, 0.2) is 0 Å². The molecule has 1 aromatic rings. The van der Waals surface area contributed by atoms with Crippen molar-refractivity contribution in [3.05, 3.63) is 32.7 Å². The number of benzene rings is 1. The molecule has 3 nitrogen and oxygen atoms in total. The number of hydrogen-bond acceptors (Lipinski definition) is 2. The zero-order valence-electron chi connectivity index (χ0n) is 12.5. The Balaban J connectivity index is 2.15. The minimum Gasteiger partial charge on any atom is -0.337 e. The van der Waals surface area contributed by atoms with Gasteiger partial charge in [0.05, 0.1) is 5.56 Å². The van der Waals surface area contributed by atoms with Crippen LogP contribution in [0.3, 0.4) is 0 Å². The molecule has 1 N–H and O–H groups in total. The van der Waals surface area contributed by atoms with Crippen molar-refractivity contribution >= 4 is 37.8 Å². The molecule has 0 radical (unpaired) electrons. The summed E-state index contributed by atoms with van der Waals surface area (Å²) in [7, 11) is 0. The summed E-state index contributed by atoms with van der Waals surface area (Å²) in [5.74, 6) is 0.571. The summed E-state index contributed by atoms with van der Waals surface area (Å²) in [6.45, 7) is 6.95. The summed E-state index contributed by atoms with van der Waals surface area (Å²) in [5.41, 5.74) is 0.733. The van der Waals surface area contributed by atoms with Crippen LogP contribution >= 0.6 is 31.9 Å². The fourth-order valence-corrected chi connectivity index (χ4v) is 3.91. The number of halogens is 2. The molecule has 1 heterocycles. The Labute approximate surface area is 143 Å². The molecule has 5 heteroatoms. The molecule has 1 atom stereocenters. The smallest absolute Gasteiger partial charge is 0.255 e. The zero-order valence-corrected chi connectivity index (χ0v) is 15.7. The first kappa shape index (κ1) is 17.0. The van der Waals surface area contributed by atoms with Crippen molar-refractivity contribution in [3.63, 3.8) is 0 Å². The van der Waals surface area contributed by atoms with E-state index in [0.717, 1.165) is 40.6 Å². The molecule has 1 fully saturated rings. The van der Waals surface area contributed by atoms with Crippen LogP contribution in [-0.4, -0.2) is 36.5 Å². The molecule has 0 aliphatic carbocycles. The molecule has 0 aromatic heterocycles. The summed E-state index contributed by atoms with van der Waals surface area (Å²) in [6, 6.07) is 6.15. The van der Waals surface area contributed by atoms with E-state index in [1.807, 2.05) is 23.1 Å². The normalized spacial score (nSPS) is 18.2. The summed E-state index contributed by atoms with van der Waals surface area (Å²) in [5, 5.41) is 3.48. The van der Waals surface area contributed by atoms with E-state index in [9.17, 15) is 4.79 Å². The third-order valence-corrected chi connectivity index (χ3v) is 4.79. The Morgan fingerprint density at radius 3 is 2.76 bits per heavy atom. The second-order valence-corrected chi connectivity index (χ2v) is 7.79. The van der Waals surface area contributed by atoms with Gasteiger partial charge in [0, 0.05) is 28.1 Å². The van der Waals surface area contributed by atoms with Crippen LogP contribution in [0.4, 0.5) is 0 Å². The number of carbonyl (C=O) groups excluding carboxylic acids is 1. The first-order chi connectivity index (χ1) is 9.97. The second-order valence-electron chi connectivity index (χ2n) is 6.02. The Morgan fingerprint density at radius 2 is 2.19 bits per heavy atom. The molecule has 1 unspecified atom stereocenters. The number of rotatable bonds is 5. The van der Waals surface area contributed by atoms with Gasteiger partial charge in [0.2, 0.25) is 0 Å². The maximum absolute atomic E-state index is 12.9. The highest BCUT2D eigenvalue weighted by atomic mass is 79.9. The van der Waals surface area contributed by atoms with Gasteiger partial charge in [-0.1, -0.05) is 29.8 Å². The number of nitrogens with one attached hydrogen (secondary N) is 1. The van der Waals surface area contributed by atoms with Gasteiger partial charge in [-0.25, -0.2) is 0 Å². The molecule has 1 aliphatic heterocycles. The van der Waals surface area contributed by atoms with Gasteiger partial charge in [-0.3, -0.25) is 4.79 Å². The van der Waals surface area contributed by atoms with Gasteiger partial charge in [-0.05, 0) is 59.4 Å². The largest absolute Gasteiger partial charge is 0.337 e. The molecule has 0 saturated carbocycles. The topological polar surface area (TPSA) is 32.3 Å². The van der Waals surface area contributed by atoms with Gasteiger partial charge in [0.1, 0.15) is 0 Å². The Kier molecular flexibility index (Phi) is 6.26. The molecule has 1 aromatic carbocycles. The van der Waals surface area contributed by atoms with E-state index in [0.29, 0.717) is 12.0 Å². The van der Waals surface area contributed by atoms with Crippen molar-refractivity contribution < 1.29 is 4.79 Å². The minimum atomic E-state index is 0.108. The quantitative estimate of drug-likeness (QED) is 0.783. The first-order valence-electron chi connectivity index (χ1n) is 7.45. The molecule has 0 spiro atoms. The van der Waals surface area contributed by atoms with Crippen molar-refractivity contribution in [1.29, 1.82) is 0 Å².